The summed E-state index contributed by atoms with van der Waals surface area (Å²) in [4.78, 5) is 14.0. The van der Waals surface area contributed by atoms with Gasteiger partial charge in [-0.25, -0.2) is 4.79 Å². The Bertz CT molecular complexity index is 680. The zero-order chi connectivity index (χ0) is 16.3. The Kier molecular flexibility index (Phi) is 5.48. The van der Waals surface area contributed by atoms with Gasteiger partial charge < -0.3 is 10.2 Å². The molecule has 2 amide bonds. The molecule has 0 saturated carbocycles. The summed E-state index contributed by atoms with van der Waals surface area (Å²) >= 11 is 9.59. The third-order valence-electron chi connectivity index (χ3n) is 3.44. The number of benzene rings is 2. The minimum absolute atomic E-state index is 0.159. The molecule has 2 aromatic carbocycles. The highest BCUT2D eigenvalue weighted by atomic mass is 79.9. The highest BCUT2D eigenvalue weighted by Crippen LogP contribution is 2.25. The molecule has 0 atom stereocenters. The average Bonchev–Trinajstić information content (AvgIpc) is 2.45. The highest BCUT2D eigenvalue weighted by molar-refractivity contribution is 9.10. The van der Waals surface area contributed by atoms with Crippen molar-refractivity contribution in [1.82, 2.24) is 4.90 Å². The van der Waals surface area contributed by atoms with Gasteiger partial charge in [0.2, 0.25) is 0 Å². The van der Waals surface area contributed by atoms with Gasteiger partial charge >= 0.3 is 6.03 Å². The molecule has 2 rings (SSSR count). The van der Waals surface area contributed by atoms with Crippen LogP contribution in [0.1, 0.15) is 16.7 Å². The summed E-state index contributed by atoms with van der Waals surface area (Å²) in [6, 6.07) is 11.3. The molecular weight excluding hydrogens is 364 g/mol. The molecule has 116 valence electrons. The molecule has 0 fully saturated rings. The predicted molar refractivity (Wildman–Crippen MR) is 95.6 cm³/mol. The molecule has 5 heteroatoms. The SMILES string of the molecule is Cc1cc(Br)cc(C)c1NC(=O)N(C)Cc1ccccc1Cl. The standard InChI is InChI=1S/C17H18BrClN2O/c1-11-8-14(18)9-12(2)16(11)20-17(22)21(3)10-13-6-4-5-7-15(13)19/h4-9H,10H2,1-3H3,(H,20,22). The van der Waals surface area contributed by atoms with Gasteiger partial charge in [0.05, 0.1) is 0 Å². The molecule has 0 radical (unpaired) electrons. The summed E-state index contributed by atoms with van der Waals surface area (Å²) in [6.07, 6.45) is 0. The fourth-order valence-electron chi connectivity index (χ4n) is 2.26. The number of hydrogen-bond acceptors (Lipinski definition) is 1. The van der Waals surface area contributed by atoms with Crippen molar-refractivity contribution < 1.29 is 4.79 Å². The van der Waals surface area contributed by atoms with E-state index in [4.69, 9.17) is 11.6 Å². The van der Waals surface area contributed by atoms with Crippen molar-refractivity contribution >= 4 is 39.2 Å². The van der Waals surface area contributed by atoms with Crippen LogP contribution in [0, 0.1) is 13.8 Å². The second kappa shape index (κ2) is 7.16. The van der Waals surface area contributed by atoms with Crippen LogP contribution in [0.4, 0.5) is 10.5 Å². The van der Waals surface area contributed by atoms with Gasteiger partial charge in [-0.2, -0.15) is 0 Å². The Hall–Kier alpha value is -1.52. The minimum Gasteiger partial charge on any atom is -0.323 e. The lowest BCUT2D eigenvalue weighted by Gasteiger charge is -2.20. The van der Waals surface area contributed by atoms with Crippen molar-refractivity contribution in [3.63, 3.8) is 0 Å². The molecule has 0 aliphatic heterocycles. The van der Waals surface area contributed by atoms with Gasteiger partial charge in [-0.3, -0.25) is 0 Å². The summed E-state index contributed by atoms with van der Waals surface area (Å²) in [6.45, 7) is 4.41. The molecule has 0 bridgehead atoms. The van der Waals surface area contributed by atoms with Crippen LogP contribution in [-0.2, 0) is 6.54 Å². The van der Waals surface area contributed by atoms with Crippen molar-refractivity contribution in [2.75, 3.05) is 12.4 Å². The maximum absolute atomic E-state index is 12.4. The maximum atomic E-state index is 12.4. The van der Waals surface area contributed by atoms with Crippen LogP contribution in [0.25, 0.3) is 0 Å². The summed E-state index contributed by atoms with van der Waals surface area (Å²) in [7, 11) is 1.75. The molecule has 0 aliphatic rings. The third kappa shape index (κ3) is 4.02. The van der Waals surface area contributed by atoms with E-state index in [0.29, 0.717) is 11.6 Å². The lowest BCUT2D eigenvalue weighted by atomic mass is 10.1. The van der Waals surface area contributed by atoms with Gasteiger partial charge in [0.15, 0.2) is 0 Å². The van der Waals surface area contributed by atoms with Crippen LogP contribution in [0.2, 0.25) is 5.02 Å². The number of hydrogen-bond donors (Lipinski definition) is 1. The summed E-state index contributed by atoms with van der Waals surface area (Å²) < 4.78 is 1.00. The zero-order valence-corrected chi connectivity index (χ0v) is 15.1. The van der Waals surface area contributed by atoms with Gasteiger partial charge in [0, 0.05) is 28.8 Å². The van der Waals surface area contributed by atoms with Crippen molar-refractivity contribution in [2.45, 2.75) is 20.4 Å². The number of amides is 2. The molecule has 0 aromatic heterocycles. The molecule has 0 saturated heterocycles. The van der Waals surface area contributed by atoms with E-state index in [1.165, 1.54) is 0 Å². The van der Waals surface area contributed by atoms with Gasteiger partial charge in [0.1, 0.15) is 0 Å². The Morgan fingerprint density at radius 2 is 1.82 bits per heavy atom. The quantitative estimate of drug-likeness (QED) is 0.760. The monoisotopic (exact) mass is 380 g/mol. The molecule has 0 unspecified atom stereocenters. The molecule has 0 spiro atoms. The number of nitrogens with one attached hydrogen (secondary N) is 1. The van der Waals surface area contributed by atoms with E-state index in [1.807, 2.05) is 50.2 Å². The van der Waals surface area contributed by atoms with E-state index >= 15 is 0 Å². The summed E-state index contributed by atoms with van der Waals surface area (Å²) in [5.74, 6) is 0. The zero-order valence-electron chi connectivity index (χ0n) is 12.8. The van der Waals surface area contributed by atoms with E-state index in [9.17, 15) is 4.79 Å². The lowest BCUT2D eigenvalue weighted by molar-refractivity contribution is 0.220. The van der Waals surface area contributed by atoms with E-state index in [-0.39, 0.29) is 6.03 Å². The normalized spacial score (nSPS) is 10.4. The first-order valence-corrected chi connectivity index (χ1v) is 8.08. The first-order valence-electron chi connectivity index (χ1n) is 6.90. The Morgan fingerprint density at radius 1 is 1.23 bits per heavy atom. The maximum Gasteiger partial charge on any atom is 0.321 e. The van der Waals surface area contributed by atoms with Crippen molar-refractivity contribution in [1.29, 1.82) is 0 Å². The summed E-state index contributed by atoms with van der Waals surface area (Å²) in [5, 5.41) is 3.63. The predicted octanol–water partition coefficient (Wildman–Crippen LogP) is 5.38. The van der Waals surface area contributed by atoms with Crippen molar-refractivity contribution in [3.05, 3.63) is 62.6 Å². The van der Waals surface area contributed by atoms with Crippen LogP contribution in [0.5, 0.6) is 0 Å². The number of nitrogens with zero attached hydrogens (tertiary/aromatic N) is 1. The number of rotatable bonds is 3. The Morgan fingerprint density at radius 3 is 2.41 bits per heavy atom. The molecule has 3 nitrogen and oxygen atoms in total. The number of anilines is 1. The van der Waals surface area contributed by atoms with Crippen LogP contribution in [0.15, 0.2) is 40.9 Å². The third-order valence-corrected chi connectivity index (χ3v) is 4.27. The Labute approximate surface area is 144 Å². The summed E-state index contributed by atoms with van der Waals surface area (Å²) in [5.41, 5.74) is 3.81. The fourth-order valence-corrected chi connectivity index (χ4v) is 3.15. The van der Waals surface area contributed by atoms with E-state index in [2.05, 4.69) is 21.2 Å². The lowest BCUT2D eigenvalue weighted by Crippen LogP contribution is -2.31. The number of carbonyl (C=O) groups is 1. The first kappa shape index (κ1) is 16.8. The largest absolute Gasteiger partial charge is 0.323 e. The minimum atomic E-state index is -0.159. The van der Waals surface area contributed by atoms with Crippen molar-refractivity contribution in [3.8, 4) is 0 Å². The second-order valence-electron chi connectivity index (χ2n) is 5.29. The molecule has 1 N–H and O–H groups in total. The number of aryl methyl sites for hydroxylation is 2. The molecule has 22 heavy (non-hydrogen) atoms. The van der Waals surface area contributed by atoms with Gasteiger partial charge in [-0.05, 0) is 48.7 Å². The van der Waals surface area contributed by atoms with Gasteiger partial charge in [-0.15, -0.1) is 0 Å². The number of urea groups is 1. The van der Waals surface area contributed by atoms with Crippen molar-refractivity contribution in [2.24, 2.45) is 0 Å². The smallest absolute Gasteiger partial charge is 0.321 e. The molecular formula is C17H18BrClN2O. The second-order valence-corrected chi connectivity index (χ2v) is 6.62. The van der Waals surface area contributed by atoms with Gasteiger partial charge in [0.25, 0.3) is 0 Å². The van der Waals surface area contributed by atoms with Crippen LogP contribution in [0.3, 0.4) is 0 Å². The van der Waals surface area contributed by atoms with Crippen LogP contribution in [-0.4, -0.2) is 18.0 Å². The van der Waals surface area contributed by atoms with E-state index in [1.54, 1.807) is 11.9 Å². The fraction of sp³-hybridized carbons (Fsp3) is 0.235. The average molecular weight is 382 g/mol. The molecule has 2 aromatic rings. The van der Waals surface area contributed by atoms with Crippen LogP contribution < -0.4 is 5.32 Å². The molecule has 0 aliphatic carbocycles. The van der Waals surface area contributed by atoms with E-state index in [0.717, 1.165) is 26.9 Å². The highest BCUT2D eigenvalue weighted by Gasteiger charge is 2.13. The van der Waals surface area contributed by atoms with E-state index < -0.39 is 0 Å². The van der Waals surface area contributed by atoms with Crippen LogP contribution >= 0.6 is 27.5 Å². The first-order chi connectivity index (χ1) is 10.4. The van der Waals surface area contributed by atoms with Gasteiger partial charge in [-0.1, -0.05) is 45.7 Å². The molecule has 0 heterocycles. The topological polar surface area (TPSA) is 32.3 Å². The number of carbonyl (C=O) groups excluding carboxylic acids is 1. The number of halogens is 2. The Balaban J connectivity index is 2.11.